The van der Waals surface area contributed by atoms with Crippen LogP contribution in [0.4, 0.5) is 0 Å². The molecule has 24 heavy (non-hydrogen) atoms. The van der Waals surface area contributed by atoms with Gasteiger partial charge in [-0.15, -0.1) is 35.3 Å². The SMILES string of the molecule is CN=C(NCCCOc1cccc(OC)c1)NCc1cccs1.I. The summed E-state index contributed by atoms with van der Waals surface area (Å²) in [4.78, 5) is 5.49. The fourth-order valence-electron chi connectivity index (χ4n) is 1.96. The lowest BCUT2D eigenvalue weighted by Gasteiger charge is -2.12. The number of nitrogens with zero attached hydrogens (tertiary/aromatic N) is 1. The van der Waals surface area contributed by atoms with Crippen molar-refractivity contribution in [1.82, 2.24) is 10.6 Å². The first-order valence-electron chi connectivity index (χ1n) is 7.55. The van der Waals surface area contributed by atoms with Gasteiger partial charge in [0.05, 0.1) is 20.3 Å². The number of hydrogen-bond acceptors (Lipinski definition) is 4. The van der Waals surface area contributed by atoms with E-state index in [2.05, 4.69) is 27.1 Å². The number of hydrogen-bond donors (Lipinski definition) is 2. The smallest absolute Gasteiger partial charge is 0.191 e. The maximum absolute atomic E-state index is 5.70. The minimum absolute atomic E-state index is 0. The summed E-state index contributed by atoms with van der Waals surface area (Å²) >= 11 is 1.73. The van der Waals surface area contributed by atoms with Crippen molar-refractivity contribution in [1.29, 1.82) is 0 Å². The third kappa shape index (κ3) is 7.39. The highest BCUT2D eigenvalue weighted by molar-refractivity contribution is 14.0. The lowest BCUT2D eigenvalue weighted by Crippen LogP contribution is -2.37. The molecule has 0 fully saturated rings. The van der Waals surface area contributed by atoms with Gasteiger partial charge in [0.2, 0.25) is 0 Å². The van der Waals surface area contributed by atoms with Crippen molar-refractivity contribution >= 4 is 41.3 Å². The molecule has 0 amide bonds. The first-order chi connectivity index (χ1) is 11.3. The van der Waals surface area contributed by atoms with Gasteiger partial charge in [-0.2, -0.15) is 0 Å². The molecule has 0 aliphatic carbocycles. The van der Waals surface area contributed by atoms with Crippen LogP contribution in [0, 0.1) is 0 Å². The number of halogens is 1. The molecule has 5 nitrogen and oxygen atoms in total. The average molecular weight is 461 g/mol. The first kappa shape index (κ1) is 20.6. The van der Waals surface area contributed by atoms with E-state index in [4.69, 9.17) is 9.47 Å². The molecule has 1 aromatic heterocycles. The normalized spacial score (nSPS) is 10.7. The van der Waals surface area contributed by atoms with Crippen molar-refractivity contribution in [3.63, 3.8) is 0 Å². The second-order valence-corrected chi connectivity index (χ2v) is 5.85. The molecule has 2 N–H and O–H groups in total. The summed E-state index contributed by atoms with van der Waals surface area (Å²) < 4.78 is 10.9. The van der Waals surface area contributed by atoms with Crippen molar-refractivity contribution in [3.8, 4) is 11.5 Å². The molecule has 0 saturated carbocycles. The second kappa shape index (κ2) is 12.0. The third-order valence-electron chi connectivity index (χ3n) is 3.16. The zero-order valence-electron chi connectivity index (χ0n) is 14.0. The van der Waals surface area contributed by atoms with Crippen LogP contribution in [0.15, 0.2) is 46.8 Å². The Morgan fingerprint density at radius 3 is 2.71 bits per heavy atom. The summed E-state index contributed by atoms with van der Waals surface area (Å²) in [6, 6.07) is 11.8. The van der Waals surface area contributed by atoms with Crippen LogP contribution in [0.5, 0.6) is 11.5 Å². The number of ether oxygens (including phenoxy) is 2. The summed E-state index contributed by atoms with van der Waals surface area (Å²) in [5.41, 5.74) is 0. The molecule has 0 radical (unpaired) electrons. The summed E-state index contributed by atoms with van der Waals surface area (Å²) in [7, 11) is 3.42. The quantitative estimate of drug-likeness (QED) is 0.274. The number of guanidine groups is 1. The van der Waals surface area contributed by atoms with E-state index in [1.165, 1.54) is 4.88 Å². The molecule has 0 spiro atoms. The molecular weight excluding hydrogens is 437 g/mol. The Hall–Kier alpha value is -1.48. The second-order valence-electron chi connectivity index (χ2n) is 4.81. The fourth-order valence-corrected chi connectivity index (χ4v) is 2.61. The Kier molecular flexibility index (Phi) is 10.3. The van der Waals surface area contributed by atoms with E-state index >= 15 is 0 Å². The highest BCUT2D eigenvalue weighted by Crippen LogP contribution is 2.18. The van der Waals surface area contributed by atoms with Crippen molar-refractivity contribution in [3.05, 3.63) is 46.7 Å². The van der Waals surface area contributed by atoms with E-state index < -0.39 is 0 Å². The van der Waals surface area contributed by atoms with Crippen LogP contribution in [0.2, 0.25) is 0 Å². The number of methoxy groups -OCH3 is 1. The van der Waals surface area contributed by atoms with Gasteiger partial charge in [-0.1, -0.05) is 12.1 Å². The summed E-state index contributed by atoms with van der Waals surface area (Å²) in [5, 5.41) is 8.64. The Bertz CT molecular complexity index is 606. The fraction of sp³-hybridized carbons (Fsp3) is 0.353. The average Bonchev–Trinajstić information content (AvgIpc) is 3.11. The monoisotopic (exact) mass is 461 g/mol. The lowest BCUT2D eigenvalue weighted by atomic mass is 10.3. The molecule has 0 aliphatic heterocycles. The number of thiophene rings is 1. The topological polar surface area (TPSA) is 54.9 Å². The van der Waals surface area contributed by atoms with Crippen molar-refractivity contribution in [2.24, 2.45) is 4.99 Å². The van der Waals surface area contributed by atoms with Gasteiger partial charge in [0.25, 0.3) is 0 Å². The molecule has 0 aliphatic rings. The minimum atomic E-state index is 0. The number of rotatable bonds is 8. The zero-order valence-corrected chi connectivity index (χ0v) is 17.1. The Morgan fingerprint density at radius 2 is 2.00 bits per heavy atom. The molecule has 1 heterocycles. The molecule has 2 aromatic rings. The minimum Gasteiger partial charge on any atom is -0.497 e. The van der Waals surface area contributed by atoms with Crippen LogP contribution >= 0.6 is 35.3 Å². The summed E-state index contributed by atoms with van der Waals surface area (Å²) in [6.07, 6.45) is 0.886. The van der Waals surface area contributed by atoms with Crippen LogP contribution in [-0.2, 0) is 6.54 Å². The van der Waals surface area contributed by atoms with E-state index in [1.807, 2.05) is 30.3 Å². The molecule has 7 heteroatoms. The molecule has 0 unspecified atom stereocenters. The Balaban J connectivity index is 0.00000288. The standard InChI is InChI=1S/C17H23N3O2S.HI/c1-18-17(20-13-16-8-4-11-23-16)19-9-5-10-22-15-7-3-6-14(12-15)21-2;/h3-4,6-8,11-12H,5,9-10,13H2,1-2H3,(H2,18,19,20);1H. The zero-order chi connectivity index (χ0) is 16.3. The van der Waals surface area contributed by atoms with Crippen LogP contribution < -0.4 is 20.1 Å². The van der Waals surface area contributed by atoms with E-state index in [0.29, 0.717) is 6.61 Å². The molecule has 0 atom stereocenters. The van der Waals surface area contributed by atoms with Gasteiger partial charge in [-0.05, 0) is 30.0 Å². The highest BCUT2D eigenvalue weighted by Gasteiger charge is 2.00. The van der Waals surface area contributed by atoms with Crippen molar-refractivity contribution in [2.75, 3.05) is 27.3 Å². The van der Waals surface area contributed by atoms with Crippen molar-refractivity contribution < 1.29 is 9.47 Å². The van der Waals surface area contributed by atoms with E-state index in [9.17, 15) is 0 Å². The van der Waals surface area contributed by atoms with Crippen molar-refractivity contribution in [2.45, 2.75) is 13.0 Å². The van der Waals surface area contributed by atoms with Crippen LogP contribution in [0.1, 0.15) is 11.3 Å². The third-order valence-corrected chi connectivity index (χ3v) is 4.03. The van der Waals surface area contributed by atoms with E-state index in [0.717, 1.165) is 37.0 Å². The van der Waals surface area contributed by atoms with Gasteiger partial charge >= 0.3 is 0 Å². The summed E-state index contributed by atoms with van der Waals surface area (Å²) in [6.45, 7) is 2.23. The lowest BCUT2D eigenvalue weighted by molar-refractivity contribution is 0.308. The van der Waals surface area contributed by atoms with E-state index in [1.54, 1.807) is 25.5 Å². The molecule has 132 valence electrons. The summed E-state index contributed by atoms with van der Waals surface area (Å²) in [5.74, 6) is 2.43. The van der Waals surface area contributed by atoms with Gasteiger partial charge in [-0.25, -0.2) is 0 Å². The highest BCUT2D eigenvalue weighted by atomic mass is 127. The van der Waals surface area contributed by atoms with Crippen LogP contribution in [0.25, 0.3) is 0 Å². The maximum atomic E-state index is 5.70. The molecule has 0 saturated heterocycles. The van der Waals surface area contributed by atoms with E-state index in [-0.39, 0.29) is 24.0 Å². The van der Waals surface area contributed by atoms with Gasteiger partial charge < -0.3 is 20.1 Å². The predicted octanol–water partition coefficient (Wildman–Crippen LogP) is 3.51. The van der Waals surface area contributed by atoms with Crippen LogP contribution in [-0.4, -0.2) is 33.3 Å². The predicted molar refractivity (Wildman–Crippen MR) is 111 cm³/mol. The molecule has 1 aromatic carbocycles. The Morgan fingerprint density at radius 1 is 1.17 bits per heavy atom. The molecular formula is C17H24IN3O2S. The maximum Gasteiger partial charge on any atom is 0.191 e. The number of benzene rings is 1. The van der Waals surface area contributed by atoms with Gasteiger partial charge in [-0.3, -0.25) is 4.99 Å². The van der Waals surface area contributed by atoms with Gasteiger partial charge in [0.15, 0.2) is 5.96 Å². The first-order valence-corrected chi connectivity index (χ1v) is 8.43. The number of aliphatic imine (C=N–C) groups is 1. The van der Waals surface area contributed by atoms with Gasteiger partial charge in [0, 0.05) is 24.5 Å². The van der Waals surface area contributed by atoms with Gasteiger partial charge in [0.1, 0.15) is 11.5 Å². The van der Waals surface area contributed by atoms with Crippen LogP contribution in [0.3, 0.4) is 0 Å². The molecule has 0 bridgehead atoms. The molecule has 2 rings (SSSR count). The number of nitrogens with one attached hydrogen (secondary N) is 2. The largest absolute Gasteiger partial charge is 0.497 e. The Labute approximate surface area is 164 Å².